The SMILES string of the molecule is CC1SCCN(c2nc(N)ncc2F)C1C. The van der Waals surface area contributed by atoms with Crippen molar-refractivity contribution in [1.29, 1.82) is 0 Å². The average molecular weight is 242 g/mol. The third-order valence-corrected chi connectivity index (χ3v) is 4.24. The molecule has 0 spiro atoms. The molecule has 1 aromatic rings. The number of halogens is 1. The molecule has 2 heterocycles. The lowest BCUT2D eigenvalue weighted by molar-refractivity contribution is 0.568. The smallest absolute Gasteiger partial charge is 0.222 e. The summed E-state index contributed by atoms with van der Waals surface area (Å²) in [7, 11) is 0. The molecular weight excluding hydrogens is 227 g/mol. The molecule has 1 aliphatic heterocycles. The fourth-order valence-corrected chi connectivity index (χ4v) is 2.90. The van der Waals surface area contributed by atoms with Crippen LogP contribution in [0.25, 0.3) is 0 Å². The van der Waals surface area contributed by atoms with Gasteiger partial charge in [-0.2, -0.15) is 16.7 Å². The van der Waals surface area contributed by atoms with Gasteiger partial charge in [0.05, 0.1) is 6.20 Å². The van der Waals surface area contributed by atoms with E-state index >= 15 is 0 Å². The zero-order chi connectivity index (χ0) is 11.7. The predicted octanol–water partition coefficient (Wildman–Crippen LogP) is 1.53. The van der Waals surface area contributed by atoms with E-state index < -0.39 is 5.82 Å². The summed E-state index contributed by atoms with van der Waals surface area (Å²) in [5.41, 5.74) is 5.49. The van der Waals surface area contributed by atoms with Crippen molar-refractivity contribution in [2.75, 3.05) is 22.9 Å². The molecule has 16 heavy (non-hydrogen) atoms. The molecule has 2 atom stereocenters. The highest BCUT2D eigenvalue weighted by Crippen LogP contribution is 2.29. The molecule has 6 heteroatoms. The molecule has 1 fully saturated rings. The molecule has 1 saturated heterocycles. The summed E-state index contributed by atoms with van der Waals surface area (Å²) in [5.74, 6) is 1.02. The maximum atomic E-state index is 13.6. The van der Waals surface area contributed by atoms with E-state index in [4.69, 9.17) is 5.73 Å². The monoisotopic (exact) mass is 242 g/mol. The minimum Gasteiger partial charge on any atom is -0.368 e. The normalized spacial score (nSPS) is 25.8. The molecule has 1 aromatic heterocycles. The molecule has 2 rings (SSSR count). The van der Waals surface area contributed by atoms with E-state index in [1.54, 1.807) is 0 Å². The Bertz CT molecular complexity index is 387. The number of hydrogen-bond acceptors (Lipinski definition) is 5. The van der Waals surface area contributed by atoms with Gasteiger partial charge in [0.15, 0.2) is 11.6 Å². The summed E-state index contributed by atoms with van der Waals surface area (Å²) in [4.78, 5) is 9.59. The van der Waals surface area contributed by atoms with Crippen molar-refractivity contribution < 1.29 is 4.39 Å². The summed E-state index contributed by atoms with van der Waals surface area (Å²) in [6.45, 7) is 5.02. The van der Waals surface area contributed by atoms with Gasteiger partial charge in [-0.05, 0) is 6.92 Å². The Morgan fingerprint density at radius 2 is 2.31 bits per heavy atom. The molecule has 0 radical (unpaired) electrons. The van der Waals surface area contributed by atoms with Gasteiger partial charge in [-0.25, -0.2) is 9.37 Å². The van der Waals surface area contributed by atoms with Crippen LogP contribution in [0.3, 0.4) is 0 Å². The molecule has 2 unspecified atom stereocenters. The van der Waals surface area contributed by atoms with Crippen LogP contribution in [0.15, 0.2) is 6.20 Å². The standard InChI is InChI=1S/C10H15FN4S/c1-6-7(2)16-4-3-15(6)9-8(11)5-13-10(12)14-9/h5-7H,3-4H2,1-2H3,(H2,12,13,14). The molecular formula is C10H15FN4S. The molecule has 0 aliphatic carbocycles. The first kappa shape index (κ1) is 11.4. The minimum absolute atomic E-state index is 0.120. The molecule has 0 amide bonds. The van der Waals surface area contributed by atoms with Crippen molar-refractivity contribution in [3.05, 3.63) is 12.0 Å². The van der Waals surface area contributed by atoms with Crippen molar-refractivity contribution in [2.45, 2.75) is 25.1 Å². The lowest BCUT2D eigenvalue weighted by Gasteiger charge is -2.38. The van der Waals surface area contributed by atoms with E-state index in [1.165, 1.54) is 0 Å². The van der Waals surface area contributed by atoms with Crippen molar-refractivity contribution in [3.8, 4) is 0 Å². The van der Waals surface area contributed by atoms with Crippen LogP contribution in [0.4, 0.5) is 16.2 Å². The fraction of sp³-hybridized carbons (Fsp3) is 0.600. The zero-order valence-corrected chi connectivity index (χ0v) is 10.2. The van der Waals surface area contributed by atoms with Crippen LogP contribution in [-0.4, -0.2) is 33.6 Å². The Balaban J connectivity index is 2.31. The van der Waals surface area contributed by atoms with Gasteiger partial charge in [-0.3, -0.25) is 0 Å². The summed E-state index contributed by atoms with van der Waals surface area (Å²) in [6.07, 6.45) is 1.14. The molecule has 0 aromatic carbocycles. The first-order valence-corrected chi connectivity index (χ1v) is 6.30. The lowest BCUT2D eigenvalue weighted by atomic mass is 10.2. The highest BCUT2D eigenvalue weighted by atomic mass is 32.2. The predicted molar refractivity (Wildman–Crippen MR) is 65.1 cm³/mol. The summed E-state index contributed by atoms with van der Waals surface area (Å²) < 4.78 is 13.6. The van der Waals surface area contributed by atoms with Crippen LogP contribution in [-0.2, 0) is 0 Å². The highest BCUT2D eigenvalue weighted by molar-refractivity contribution is 8.00. The first-order chi connectivity index (χ1) is 7.59. The Kier molecular flexibility index (Phi) is 3.18. The van der Waals surface area contributed by atoms with Crippen LogP contribution < -0.4 is 10.6 Å². The number of nitrogen functional groups attached to an aromatic ring is 1. The summed E-state index contributed by atoms with van der Waals surface area (Å²) in [5, 5.41) is 0.462. The van der Waals surface area contributed by atoms with Gasteiger partial charge >= 0.3 is 0 Å². The van der Waals surface area contributed by atoms with Gasteiger partial charge < -0.3 is 10.6 Å². The van der Waals surface area contributed by atoms with E-state index in [0.717, 1.165) is 18.5 Å². The highest BCUT2D eigenvalue weighted by Gasteiger charge is 2.28. The first-order valence-electron chi connectivity index (χ1n) is 5.26. The van der Waals surface area contributed by atoms with Gasteiger partial charge in [0, 0.05) is 23.6 Å². The molecule has 88 valence electrons. The summed E-state index contributed by atoms with van der Waals surface area (Å²) >= 11 is 1.90. The molecule has 0 bridgehead atoms. The molecule has 1 aliphatic rings. The quantitative estimate of drug-likeness (QED) is 0.809. The van der Waals surface area contributed by atoms with E-state index in [1.807, 2.05) is 16.7 Å². The Morgan fingerprint density at radius 1 is 1.56 bits per heavy atom. The maximum absolute atomic E-state index is 13.6. The van der Waals surface area contributed by atoms with E-state index in [2.05, 4.69) is 23.8 Å². The molecule has 4 nitrogen and oxygen atoms in total. The second-order valence-electron chi connectivity index (χ2n) is 3.91. The number of thioether (sulfide) groups is 1. The van der Waals surface area contributed by atoms with Crippen LogP contribution >= 0.6 is 11.8 Å². The maximum Gasteiger partial charge on any atom is 0.222 e. The second kappa shape index (κ2) is 4.45. The van der Waals surface area contributed by atoms with E-state index in [0.29, 0.717) is 11.1 Å². The number of hydrogen-bond donors (Lipinski definition) is 1. The lowest BCUT2D eigenvalue weighted by Crippen LogP contribution is -2.45. The molecule has 0 saturated carbocycles. The Labute approximate surface area is 98.4 Å². The van der Waals surface area contributed by atoms with E-state index in [9.17, 15) is 4.39 Å². The zero-order valence-electron chi connectivity index (χ0n) is 9.35. The Morgan fingerprint density at radius 3 is 3.06 bits per heavy atom. The van der Waals surface area contributed by atoms with Gasteiger partial charge in [-0.15, -0.1) is 0 Å². The molecule has 2 N–H and O–H groups in total. The van der Waals surface area contributed by atoms with Crippen LogP contribution in [0.1, 0.15) is 13.8 Å². The van der Waals surface area contributed by atoms with Gasteiger partial charge in [0.25, 0.3) is 0 Å². The van der Waals surface area contributed by atoms with Crippen LogP contribution in [0, 0.1) is 5.82 Å². The number of rotatable bonds is 1. The third-order valence-electron chi connectivity index (χ3n) is 2.90. The number of nitrogens with zero attached hydrogens (tertiary/aromatic N) is 3. The van der Waals surface area contributed by atoms with Gasteiger partial charge in [0.1, 0.15) is 0 Å². The van der Waals surface area contributed by atoms with E-state index in [-0.39, 0.29) is 12.0 Å². The third kappa shape index (κ3) is 2.07. The second-order valence-corrected chi connectivity index (χ2v) is 5.39. The topological polar surface area (TPSA) is 55.0 Å². The van der Waals surface area contributed by atoms with Crippen LogP contribution in [0.5, 0.6) is 0 Å². The van der Waals surface area contributed by atoms with Crippen molar-refractivity contribution in [1.82, 2.24) is 9.97 Å². The number of nitrogens with two attached hydrogens (primary N) is 1. The number of anilines is 2. The van der Waals surface area contributed by atoms with Crippen molar-refractivity contribution >= 4 is 23.5 Å². The van der Waals surface area contributed by atoms with Crippen molar-refractivity contribution in [3.63, 3.8) is 0 Å². The van der Waals surface area contributed by atoms with Gasteiger partial charge in [0.2, 0.25) is 5.95 Å². The summed E-state index contributed by atoms with van der Waals surface area (Å²) in [6, 6.07) is 0.252. The van der Waals surface area contributed by atoms with Crippen LogP contribution in [0.2, 0.25) is 0 Å². The van der Waals surface area contributed by atoms with Gasteiger partial charge in [-0.1, -0.05) is 6.92 Å². The minimum atomic E-state index is -0.403. The largest absolute Gasteiger partial charge is 0.368 e. The average Bonchev–Trinajstić information content (AvgIpc) is 2.26. The fourth-order valence-electron chi connectivity index (χ4n) is 1.80. The van der Waals surface area contributed by atoms with Crippen molar-refractivity contribution in [2.24, 2.45) is 0 Å². The Hall–Kier alpha value is -1.04. The number of aromatic nitrogens is 2.